The molecule has 29 heavy (non-hydrogen) atoms. The van der Waals surface area contributed by atoms with E-state index in [0.29, 0.717) is 5.16 Å². The van der Waals surface area contributed by atoms with Crippen LogP contribution in [0.1, 0.15) is 18.2 Å². The fourth-order valence-corrected chi connectivity index (χ4v) is 5.02. The number of benzene rings is 2. The van der Waals surface area contributed by atoms with Gasteiger partial charge in [0.2, 0.25) is 5.16 Å². The minimum Gasteiger partial charge on any atom is -0.324 e. The molecule has 0 N–H and O–H groups in total. The quantitative estimate of drug-likeness (QED) is 0.342. The maximum absolute atomic E-state index is 4.80. The molecule has 7 heteroatoms. The summed E-state index contributed by atoms with van der Waals surface area (Å²) < 4.78 is 2.20. The minimum atomic E-state index is 0.680. The molecule has 5 rings (SSSR count). The van der Waals surface area contributed by atoms with Crippen molar-refractivity contribution >= 4 is 45.2 Å². The average molecular weight is 418 g/mol. The van der Waals surface area contributed by atoms with Crippen LogP contribution >= 0.6 is 23.1 Å². The molecule has 0 aliphatic heterocycles. The molecule has 0 atom stereocenters. The Balaban J connectivity index is 1.40. The highest BCUT2D eigenvalue weighted by atomic mass is 32.2. The largest absolute Gasteiger partial charge is 0.324 e. The summed E-state index contributed by atoms with van der Waals surface area (Å²) in [6.45, 7) is 5.07. The van der Waals surface area contributed by atoms with Gasteiger partial charge in [0.05, 0.1) is 11.2 Å². The topological polar surface area (TPSA) is 56.5 Å². The van der Waals surface area contributed by atoms with Crippen molar-refractivity contribution < 1.29 is 0 Å². The van der Waals surface area contributed by atoms with E-state index in [4.69, 9.17) is 9.97 Å². The van der Waals surface area contributed by atoms with E-state index in [9.17, 15) is 0 Å². The number of para-hydroxylation sites is 1. The Kier molecular flexibility index (Phi) is 4.77. The standard InChI is InChI=1S/C22H19N5S2/c1-3-27-18-7-5-4-6-17(18)19-20(27)24-22(26-25-19)29-13-16-12-28-21(23-16)15-10-8-14(2)9-11-15/h4-12H,3,13H2,1-2H3. The maximum Gasteiger partial charge on any atom is 0.211 e. The summed E-state index contributed by atoms with van der Waals surface area (Å²) in [5.74, 6) is 0.724. The van der Waals surface area contributed by atoms with Crippen LogP contribution in [0.25, 0.3) is 32.6 Å². The molecule has 0 spiro atoms. The smallest absolute Gasteiger partial charge is 0.211 e. The molecule has 5 nitrogen and oxygen atoms in total. The number of rotatable bonds is 5. The van der Waals surface area contributed by atoms with Gasteiger partial charge in [-0.1, -0.05) is 59.8 Å². The number of thiazole rings is 1. The SMILES string of the molecule is CCn1c2ccccc2c2nnc(SCc3csc(-c4ccc(C)cc4)n3)nc21. The third-order valence-corrected chi connectivity index (χ3v) is 6.68. The van der Waals surface area contributed by atoms with Gasteiger partial charge in [-0.25, -0.2) is 9.97 Å². The van der Waals surface area contributed by atoms with Crippen LogP contribution in [0.4, 0.5) is 0 Å². The predicted octanol–water partition coefficient (Wildman–Crippen LogP) is 5.72. The molecule has 3 aromatic heterocycles. The first-order chi connectivity index (χ1) is 14.2. The fourth-order valence-electron chi connectivity index (χ4n) is 3.41. The Morgan fingerprint density at radius 2 is 1.83 bits per heavy atom. The van der Waals surface area contributed by atoms with E-state index in [1.165, 1.54) is 5.56 Å². The van der Waals surface area contributed by atoms with Crippen molar-refractivity contribution in [1.82, 2.24) is 24.7 Å². The van der Waals surface area contributed by atoms with Crippen LogP contribution in [-0.4, -0.2) is 24.7 Å². The highest BCUT2D eigenvalue weighted by Crippen LogP contribution is 2.29. The summed E-state index contributed by atoms with van der Waals surface area (Å²) >= 11 is 3.24. The van der Waals surface area contributed by atoms with Crippen molar-refractivity contribution in [3.8, 4) is 10.6 Å². The van der Waals surface area contributed by atoms with E-state index in [1.807, 2.05) is 12.1 Å². The second kappa shape index (κ2) is 7.57. The number of hydrogen-bond donors (Lipinski definition) is 0. The summed E-state index contributed by atoms with van der Waals surface area (Å²) in [5, 5.41) is 13.8. The van der Waals surface area contributed by atoms with Gasteiger partial charge >= 0.3 is 0 Å². The Hall–Kier alpha value is -2.77. The summed E-state index contributed by atoms with van der Waals surface area (Å²) in [4.78, 5) is 9.57. The number of aryl methyl sites for hydroxylation is 2. The average Bonchev–Trinajstić information content (AvgIpc) is 3.35. The number of thioether (sulfide) groups is 1. The van der Waals surface area contributed by atoms with Crippen LogP contribution < -0.4 is 0 Å². The van der Waals surface area contributed by atoms with E-state index in [2.05, 4.69) is 70.4 Å². The summed E-state index contributed by atoms with van der Waals surface area (Å²) in [6, 6.07) is 16.7. The molecule has 0 amide bonds. The normalized spacial score (nSPS) is 11.5. The van der Waals surface area contributed by atoms with Crippen molar-refractivity contribution in [2.24, 2.45) is 0 Å². The van der Waals surface area contributed by atoms with Crippen molar-refractivity contribution in [1.29, 1.82) is 0 Å². The van der Waals surface area contributed by atoms with E-state index in [-0.39, 0.29) is 0 Å². The second-order valence-corrected chi connectivity index (χ2v) is 8.63. The summed E-state index contributed by atoms with van der Waals surface area (Å²) in [5.41, 5.74) is 6.35. The zero-order chi connectivity index (χ0) is 19.8. The summed E-state index contributed by atoms with van der Waals surface area (Å²) in [7, 11) is 0. The van der Waals surface area contributed by atoms with Gasteiger partial charge in [-0.05, 0) is 19.9 Å². The van der Waals surface area contributed by atoms with Crippen LogP contribution in [0.2, 0.25) is 0 Å². The maximum atomic E-state index is 4.80. The highest BCUT2D eigenvalue weighted by Gasteiger charge is 2.14. The van der Waals surface area contributed by atoms with E-state index < -0.39 is 0 Å². The zero-order valence-electron chi connectivity index (χ0n) is 16.2. The Labute approximate surface area is 176 Å². The first-order valence-electron chi connectivity index (χ1n) is 9.49. The Morgan fingerprint density at radius 1 is 1.00 bits per heavy atom. The molecular weight excluding hydrogens is 398 g/mol. The number of fused-ring (bicyclic) bond motifs is 3. The molecule has 0 saturated carbocycles. The van der Waals surface area contributed by atoms with Crippen molar-refractivity contribution in [3.63, 3.8) is 0 Å². The van der Waals surface area contributed by atoms with Gasteiger partial charge in [0.25, 0.3) is 0 Å². The van der Waals surface area contributed by atoms with Crippen LogP contribution in [0.15, 0.2) is 59.1 Å². The molecule has 0 aliphatic rings. The van der Waals surface area contributed by atoms with Crippen LogP contribution in [0.5, 0.6) is 0 Å². The highest BCUT2D eigenvalue weighted by molar-refractivity contribution is 7.98. The van der Waals surface area contributed by atoms with Gasteiger partial charge in [0.15, 0.2) is 5.65 Å². The van der Waals surface area contributed by atoms with Gasteiger partial charge < -0.3 is 4.57 Å². The number of nitrogens with zero attached hydrogens (tertiary/aromatic N) is 5. The lowest BCUT2D eigenvalue weighted by molar-refractivity contribution is 0.789. The molecule has 0 saturated heterocycles. The van der Waals surface area contributed by atoms with Crippen LogP contribution in [0, 0.1) is 6.92 Å². The van der Waals surface area contributed by atoms with Gasteiger partial charge in [-0.2, -0.15) is 0 Å². The third-order valence-electron chi connectivity index (χ3n) is 4.87. The van der Waals surface area contributed by atoms with Crippen molar-refractivity contribution in [3.05, 3.63) is 65.2 Å². The zero-order valence-corrected chi connectivity index (χ0v) is 17.8. The first kappa shape index (κ1) is 18.3. The molecule has 144 valence electrons. The Bertz CT molecular complexity index is 1300. The molecule has 0 radical (unpaired) electrons. The van der Waals surface area contributed by atoms with Crippen LogP contribution in [0.3, 0.4) is 0 Å². The predicted molar refractivity (Wildman–Crippen MR) is 120 cm³/mol. The number of hydrogen-bond acceptors (Lipinski definition) is 6. The van der Waals surface area contributed by atoms with Crippen molar-refractivity contribution in [2.75, 3.05) is 0 Å². The lowest BCUT2D eigenvalue weighted by Gasteiger charge is -2.02. The van der Waals surface area contributed by atoms with E-state index >= 15 is 0 Å². The van der Waals surface area contributed by atoms with Crippen LogP contribution in [-0.2, 0) is 12.3 Å². The molecule has 0 aliphatic carbocycles. The van der Waals surface area contributed by atoms with Gasteiger partial charge in [0, 0.05) is 28.6 Å². The summed E-state index contributed by atoms with van der Waals surface area (Å²) in [6.07, 6.45) is 0. The molecule has 0 fully saturated rings. The fraction of sp³-hybridized carbons (Fsp3) is 0.182. The number of aromatic nitrogens is 5. The molecule has 2 aromatic carbocycles. The monoisotopic (exact) mass is 417 g/mol. The van der Waals surface area contributed by atoms with Gasteiger partial charge in [-0.3, -0.25) is 0 Å². The van der Waals surface area contributed by atoms with Gasteiger partial charge in [0.1, 0.15) is 10.5 Å². The lowest BCUT2D eigenvalue weighted by Crippen LogP contribution is -1.98. The van der Waals surface area contributed by atoms with E-state index in [0.717, 1.165) is 50.6 Å². The molecule has 0 bridgehead atoms. The molecule has 0 unspecified atom stereocenters. The molecule has 5 aromatic rings. The van der Waals surface area contributed by atoms with Gasteiger partial charge in [-0.15, -0.1) is 21.5 Å². The molecule has 3 heterocycles. The molecular formula is C22H19N5S2. The van der Waals surface area contributed by atoms with E-state index in [1.54, 1.807) is 23.1 Å². The minimum absolute atomic E-state index is 0.680. The first-order valence-corrected chi connectivity index (χ1v) is 11.4. The third kappa shape index (κ3) is 3.41. The Morgan fingerprint density at radius 3 is 2.66 bits per heavy atom. The second-order valence-electron chi connectivity index (χ2n) is 6.83. The lowest BCUT2D eigenvalue weighted by atomic mass is 10.2. The van der Waals surface area contributed by atoms with Crippen molar-refractivity contribution in [2.45, 2.75) is 31.3 Å².